The normalized spacial score (nSPS) is 15.2. The molecule has 1 aliphatic heterocycles. The van der Waals surface area contributed by atoms with Crippen molar-refractivity contribution in [2.24, 2.45) is 5.10 Å². The molecular formula is C21H15BrN4O5. The molecule has 0 bridgehead atoms. The van der Waals surface area contributed by atoms with Crippen LogP contribution in [0, 0.1) is 10.1 Å². The maximum atomic E-state index is 12.1. The molecule has 10 heteroatoms. The first-order chi connectivity index (χ1) is 14.9. The number of hydrogen-bond donors (Lipinski definition) is 0. The van der Waals surface area contributed by atoms with Crippen LogP contribution >= 0.6 is 15.9 Å². The van der Waals surface area contributed by atoms with Gasteiger partial charge in [-0.25, -0.2) is 4.98 Å². The highest BCUT2D eigenvalue weighted by atomic mass is 79.9. The molecule has 0 saturated heterocycles. The molecule has 4 rings (SSSR count). The number of ether oxygens (including phenoxy) is 2. The van der Waals surface area contributed by atoms with Crippen molar-refractivity contribution in [1.82, 2.24) is 9.99 Å². The molecular weight excluding hydrogens is 468 g/mol. The fourth-order valence-electron chi connectivity index (χ4n) is 2.89. The topological polar surface area (TPSA) is 107 Å². The standard InChI is InChI=1S/C21H15BrN4O5/c1-13(27)25-21(17-4-2-3-5-18(17)22)31-20(24-25)14-6-9-16(10-7-14)30-19-11-8-15(12-23-19)26(28)29/h2-12,21H,1H3/t21-/m0/s1. The summed E-state index contributed by atoms with van der Waals surface area (Å²) < 4.78 is 12.4. The monoisotopic (exact) mass is 482 g/mol. The number of nitrogens with zero attached hydrogens (tertiary/aromatic N) is 4. The van der Waals surface area contributed by atoms with E-state index in [2.05, 4.69) is 26.0 Å². The summed E-state index contributed by atoms with van der Waals surface area (Å²) in [6.07, 6.45) is 0.450. The smallest absolute Gasteiger partial charge is 0.287 e. The minimum Gasteiger partial charge on any atom is -0.446 e. The fraction of sp³-hybridized carbons (Fsp3) is 0.0952. The predicted octanol–water partition coefficient (Wildman–Crippen LogP) is 4.78. The van der Waals surface area contributed by atoms with E-state index in [1.54, 1.807) is 24.3 Å². The van der Waals surface area contributed by atoms with Crippen molar-refractivity contribution in [2.45, 2.75) is 13.2 Å². The van der Waals surface area contributed by atoms with Crippen LogP contribution in [0.25, 0.3) is 0 Å². The van der Waals surface area contributed by atoms with Crippen LogP contribution in [-0.4, -0.2) is 26.7 Å². The van der Waals surface area contributed by atoms with Crippen LogP contribution in [-0.2, 0) is 9.53 Å². The third kappa shape index (κ3) is 4.38. The van der Waals surface area contributed by atoms with Crippen molar-refractivity contribution in [1.29, 1.82) is 0 Å². The number of hydrogen-bond acceptors (Lipinski definition) is 7. The fourth-order valence-corrected chi connectivity index (χ4v) is 3.37. The average Bonchev–Trinajstić information content (AvgIpc) is 3.20. The van der Waals surface area contributed by atoms with Crippen molar-refractivity contribution in [3.63, 3.8) is 0 Å². The van der Waals surface area contributed by atoms with Crippen LogP contribution in [0.1, 0.15) is 24.3 Å². The van der Waals surface area contributed by atoms with E-state index >= 15 is 0 Å². The summed E-state index contributed by atoms with van der Waals surface area (Å²) in [6.45, 7) is 1.42. The van der Waals surface area contributed by atoms with Crippen molar-refractivity contribution < 1.29 is 19.2 Å². The van der Waals surface area contributed by atoms with Crippen LogP contribution in [0.5, 0.6) is 11.6 Å². The molecule has 0 aliphatic carbocycles. The molecule has 1 aliphatic rings. The minimum atomic E-state index is -0.677. The largest absolute Gasteiger partial charge is 0.446 e. The molecule has 3 aromatic rings. The van der Waals surface area contributed by atoms with Gasteiger partial charge >= 0.3 is 0 Å². The number of nitro groups is 1. The first kappa shape index (κ1) is 20.5. The molecule has 2 aromatic carbocycles. The molecule has 0 N–H and O–H groups in total. The second kappa shape index (κ2) is 8.52. The summed E-state index contributed by atoms with van der Waals surface area (Å²) in [7, 11) is 0. The Morgan fingerprint density at radius 1 is 1.16 bits per heavy atom. The lowest BCUT2D eigenvalue weighted by atomic mass is 10.2. The molecule has 2 heterocycles. The van der Waals surface area contributed by atoms with E-state index in [4.69, 9.17) is 9.47 Å². The van der Waals surface area contributed by atoms with Gasteiger partial charge in [0.1, 0.15) is 11.9 Å². The van der Waals surface area contributed by atoms with Gasteiger partial charge in [-0.1, -0.05) is 34.1 Å². The summed E-state index contributed by atoms with van der Waals surface area (Å²) in [5.74, 6) is 0.759. The Morgan fingerprint density at radius 3 is 2.52 bits per heavy atom. The number of halogens is 1. The van der Waals surface area contributed by atoms with Crippen molar-refractivity contribution in [2.75, 3.05) is 0 Å². The van der Waals surface area contributed by atoms with Gasteiger partial charge in [-0.05, 0) is 30.3 Å². The molecule has 0 unspecified atom stereocenters. The van der Waals surface area contributed by atoms with E-state index < -0.39 is 11.2 Å². The first-order valence-corrected chi connectivity index (χ1v) is 9.90. The Hall–Kier alpha value is -3.79. The maximum absolute atomic E-state index is 12.1. The highest BCUT2D eigenvalue weighted by molar-refractivity contribution is 9.10. The quantitative estimate of drug-likeness (QED) is 0.382. The van der Waals surface area contributed by atoms with Gasteiger partial charge in [0.15, 0.2) is 0 Å². The van der Waals surface area contributed by atoms with Crippen molar-refractivity contribution in [3.05, 3.63) is 92.6 Å². The van der Waals surface area contributed by atoms with Crippen molar-refractivity contribution in [3.8, 4) is 11.6 Å². The first-order valence-electron chi connectivity index (χ1n) is 9.10. The lowest BCUT2D eigenvalue weighted by Gasteiger charge is -2.20. The van der Waals surface area contributed by atoms with Crippen LogP contribution in [0.3, 0.4) is 0 Å². The average molecular weight is 483 g/mol. The summed E-state index contributed by atoms with van der Waals surface area (Å²) in [6, 6.07) is 17.0. The van der Waals surface area contributed by atoms with E-state index in [1.807, 2.05) is 24.3 Å². The molecule has 156 valence electrons. The zero-order valence-corrected chi connectivity index (χ0v) is 17.7. The van der Waals surface area contributed by atoms with E-state index in [9.17, 15) is 14.9 Å². The van der Waals surface area contributed by atoms with Gasteiger partial charge < -0.3 is 9.47 Å². The molecule has 1 amide bonds. The van der Waals surface area contributed by atoms with Gasteiger partial charge in [-0.3, -0.25) is 14.9 Å². The van der Waals surface area contributed by atoms with Gasteiger partial charge in [0.2, 0.25) is 23.9 Å². The second-order valence-corrected chi connectivity index (χ2v) is 7.35. The molecule has 1 atom stereocenters. The minimum absolute atomic E-state index is 0.117. The zero-order valence-electron chi connectivity index (χ0n) is 16.1. The predicted molar refractivity (Wildman–Crippen MR) is 114 cm³/mol. The summed E-state index contributed by atoms with van der Waals surface area (Å²) in [4.78, 5) is 26.2. The lowest BCUT2D eigenvalue weighted by Crippen LogP contribution is -2.25. The van der Waals surface area contributed by atoms with Gasteiger partial charge in [-0.15, -0.1) is 5.10 Å². The summed E-state index contributed by atoms with van der Waals surface area (Å²) in [5, 5.41) is 16.3. The lowest BCUT2D eigenvalue weighted by molar-refractivity contribution is -0.385. The molecule has 0 fully saturated rings. The zero-order chi connectivity index (χ0) is 22.0. The van der Waals surface area contributed by atoms with Crippen LogP contribution in [0.4, 0.5) is 5.69 Å². The highest BCUT2D eigenvalue weighted by Crippen LogP contribution is 2.34. The second-order valence-electron chi connectivity index (χ2n) is 6.50. The van der Waals surface area contributed by atoms with Gasteiger partial charge in [0, 0.05) is 34.7 Å². The number of benzene rings is 2. The number of carbonyl (C=O) groups is 1. The summed E-state index contributed by atoms with van der Waals surface area (Å²) in [5.41, 5.74) is 1.32. The SMILES string of the molecule is CC(=O)N1N=C(c2ccc(Oc3ccc([N+](=O)[O-])cn3)cc2)O[C@H]1c1ccccc1Br. The Balaban J connectivity index is 1.52. The Kier molecular flexibility index (Phi) is 5.63. The van der Waals surface area contributed by atoms with Crippen LogP contribution < -0.4 is 4.74 Å². The molecule has 0 radical (unpaired) electrons. The van der Waals surface area contributed by atoms with E-state index in [0.29, 0.717) is 17.2 Å². The van der Waals surface area contributed by atoms with Crippen molar-refractivity contribution >= 4 is 33.4 Å². The Labute approximate surface area is 185 Å². The third-order valence-electron chi connectivity index (χ3n) is 4.39. The van der Waals surface area contributed by atoms with E-state index in [-0.39, 0.29) is 17.5 Å². The Bertz CT molecular complexity index is 1170. The maximum Gasteiger partial charge on any atom is 0.287 e. The third-order valence-corrected chi connectivity index (χ3v) is 5.12. The summed E-state index contributed by atoms with van der Waals surface area (Å²) >= 11 is 3.48. The molecule has 1 aromatic heterocycles. The number of carbonyl (C=O) groups excluding carboxylic acids is 1. The Morgan fingerprint density at radius 2 is 1.90 bits per heavy atom. The number of hydrazone groups is 1. The van der Waals surface area contributed by atoms with Gasteiger partial charge in [0.05, 0.1) is 4.92 Å². The number of aromatic nitrogens is 1. The number of rotatable bonds is 5. The van der Waals surface area contributed by atoms with Crippen LogP contribution in [0.15, 0.2) is 76.4 Å². The molecule has 31 heavy (non-hydrogen) atoms. The number of amides is 1. The highest BCUT2D eigenvalue weighted by Gasteiger charge is 2.34. The molecule has 9 nitrogen and oxygen atoms in total. The van der Waals surface area contributed by atoms with Gasteiger partial charge in [0.25, 0.3) is 5.69 Å². The van der Waals surface area contributed by atoms with E-state index in [1.165, 1.54) is 24.1 Å². The van der Waals surface area contributed by atoms with E-state index in [0.717, 1.165) is 16.2 Å². The van der Waals surface area contributed by atoms with Crippen LogP contribution in [0.2, 0.25) is 0 Å². The number of pyridine rings is 1. The molecule has 0 spiro atoms. The molecule has 0 saturated carbocycles. The van der Waals surface area contributed by atoms with Gasteiger partial charge in [-0.2, -0.15) is 5.01 Å².